The van der Waals surface area contributed by atoms with E-state index in [1.165, 1.54) is 4.90 Å². The van der Waals surface area contributed by atoms with Crippen molar-refractivity contribution in [1.29, 1.82) is 0 Å². The smallest absolute Gasteiger partial charge is 0.264 e. The molecule has 3 rings (SSSR count). The molecule has 7 nitrogen and oxygen atoms in total. The van der Waals surface area contributed by atoms with Gasteiger partial charge in [0.05, 0.1) is 10.6 Å². The zero-order chi connectivity index (χ0) is 29.6. The molecule has 0 bridgehead atoms. The molecule has 3 aromatic carbocycles. The summed E-state index contributed by atoms with van der Waals surface area (Å²) in [6.07, 6.45) is 0. The second-order valence-electron chi connectivity index (χ2n) is 10.6. The van der Waals surface area contributed by atoms with Crippen molar-refractivity contribution >= 4 is 43.5 Å². The Morgan fingerprint density at radius 1 is 0.875 bits per heavy atom. The van der Waals surface area contributed by atoms with E-state index in [2.05, 4.69) is 21.2 Å². The van der Waals surface area contributed by atoms with E-state index in [9.17, 15) is 18.0 Å². The second kappa shape index (κ2) is 13.5. The summed E-state index contributed by atoms with van der Waals surface area (Å²) in [6.45, 7) is 11.5. The lowest BCUT2D eigenvalue weighted by molar-refractivity contribution is -0.139. The van der Waals surface area contributed by atoms with Gasteiger partial charge in [0, 0.05) is 17.6 Å². The maximum Gasteiger partial charge on any atom is 0.264 e. The van der Waals surface area contributed by atoms with E-state index in [0.29, 0.717) is 12.2 Å². The first-order valence-corrected chi connectivity index (χ1v) is 15.5. The van der Waals surface area contributed by atoms with Gasteiger partial charge in [0.2, 0.25) is 11.8 Å². The van der Waals surface area contributed by atoms with Crippen LogP contribution >= 0.6 is 15.9 Å². The minimum Gasteiger partial charge on any atom is -0.354 e. The second-order valence-corrected chi connectivity index (χ2v) is 13.3. The third kappa shape index (κ3) is 7.95. The zero-order valence-electron chi connectivity index (χ0n) is 23.9. The minimum atomic E-state index is -4.10. The van der Waals surface area contributed by atoms with Crippen LogP contribution < -0.4 is 9.62 Å². The Balaban J connectivity index is 2.03. The van der Waals surface area contributed by atoms with Crippen LogP contribution in [0.5, 0.6) is 0 Å². The standard InChI is InChI=1S/C31H38BrN3O4S/c1-21(2)18-33-31(37)25(6)34(19-26-10-12-27(32)13-11-26)30(36)20-35(28-14-9-23(4)24(5)17-28)40(38,39)29-15-7-22(3)8-16-29/h7-17,21,25H,18-20H2,1-6H3,(H,33,37)/t25-/m1/s1. The Kier molecular flexibility index (Phi) is 10.6. The lowest BCUT2D eigenvalue weighted by Gasteiger charge is -2.32. The molecule has 0 aliphatic carbocycles. The molecule has 0 aromatic heterocycles. The van der Waals surface area contributed by atoms with Gasteiger partial charge in [-0.15, -0.1) is 0 Å². The fraction of sp³-hybridized carbons (Fsp3) is 0.355. The van der Waals surface area contributed by atoms with Crippen LogP contribution in [0.4, 0.5) is 5.69 Å². The van der Waals surface area contributed by atoms with Gasteiger partial charge >= 0.3 is 0 Å². The number of aryl methyl sites for hydroxylation is 3. The van der Waals surface area contributed by atoms with E-state index < -0.39 is 28.5 Å². The summed E-state index contributed by atoms with van der Waals surface area (Å²) in [4.78, 5) is 28.6. The highest BCUT2D eigenvalue weighted by atomic mass is 79.9. The molecule has 0 spiro atoms. The van der Waals surface area contributed by atoms with Gasteiger partial charge in [-0.3, -0.25) is 13.9 Å². The highest BCUT2D eigenvalue weighted by Gasteiger charge is 2.32. The summed E-state index contributed by atoms with van der Waals surface area (Å²) in [5, 5.41) is 2.90. The summed E-state index contributed by atoms with van der Waals surface area (Å²) >= 11 is 3.43. The Morgan fingerprint density at radius 3 is 2.08 bits per heavy atom. The van der Waals surface area contributed by atoms with Crippen molar-refractivity contribution in [1.82, 2.24) is 10.2 Å². The zero-order valence-corrected chi connectivity index (χ0v) is 26.3. The van der Waals surface area contributed by atoms with Crippen LogP contribution in [0.1, 0.15) is 43.0 Å². The van der Waals surface area contributed by atoms with E-state index in [1.807, 2.05) is 65.0 Å². The van der Waals surface area contributed by atoms with Crippen LogP contribution in [-0.4, -0.2) is 44.3 Å². The molecule has 2 amide bonds. The van der Waals surface area contributed by atoms with E-state index >= 15 is 0 Å². The summed E-state index contributed by atoms with van der Waals surface area (Å²) < 4.78 is 29.9. The van der Waals surface area contributed by atoms with Crippen molar-refractivity contribution in [2.24, 2.45) is 5.92 Å². The Morgan fingerprint density at radius 2 is 1.50 bits per heavy atom. The monoisotopic (exact) mass is 627 g/mol. The van der Waals surface area contributed by atoms with Crippen molar-refractivity contribution in [3.63, 3.8) is 0 Å². The van der Waals surface area contributed by atoms with Gasteiger partial charge < -0.3 is 10.2 Å². The molecule has 40 heavy (non-hydrogen) atoms. The summed E-state index contributed by atoms with van der Waals surface area (Å²) in [5.41, 5.74) is 4.05. The molecule has 0 radical (unpaired) electrons. The van der Waals surface area contributed by atoms with Crippen molar-refractivity contribution in [3.05, 3.63) is 93.5 Å². The van der Waals surface area contributed by atoms with Gasteiger partial charge in [0.15, 0.2) is 0 Å². The summed E-state index contributed by atoms with van der Waals surface area (Å²) in [7, 11) is -4.10. The number of rotatable bonds is 11. The Labute approximate surface area is 246 Å². The van der Waals surface area contributed by atoms with Gasteiger partial charge in [-0.2, -0.15) is 0 Å². The predicted octanol–water partition coefficient (Wildman–Crippen LogP) is 5.76. The van der Waals surface area contributed by atoms with Gasteiger partial charge in [-0.05, 0) is 86.7 Å². The molecular formula is C31H38BrN3O4S. The maximum atomic E-state index is 14.0. The van der Waals surface area contributed by atoms with Crippen LogP contribution in [0.15, 0.2) is 76.1 Å². The van der Waals surface area contributed by atoms with Gasteiger partial charge in [-0.1, -0.05) is 65.7 Å². The quantitative estimate of drug-likeness (QED) is 0.293. The number of carbonyl (C=O) groups is 2. The fourth-order valence-corrected chi connectivity index (χ4v) is 5.74. The SMILES string of the molecule is Cc1ccc(S(=O)(=O)N(CC(=O)N(Cc2ccc(Br)cc2)[C@H](C)C(=O)NCC(C)C)c2ccc(C)c(C)c2)cc1. The number of halogens is 1. The number of anilines is 1. The number of carbonyl (C=O) groups excluding carboxylic acids is 2. The Hall–Kier alpha value is -3.17. The summed E-state index contributed by atoms with van der Waals surface area (Å²) in [6, 6.07) is 18.5. The van der Waals surface area contributed by atoms with Crippen molar-refractivity contribution in [2.45, 2.75) is 59.0 Å². The highest BCUT2D eigenvalue weighted by Crippen LogP contribution is 2.27. The number of sulfonamides is 1. The molecule has 214 valence electrons. The average molecular weight is 629 g/mol. The van der Waals surface area contributed by atoms with Crippen LogP contribution in [0.2, 0.25) is 0 Å². The first kappa shape index (κ1) is 31.4. The molecule has 0 unspecified atom stereocenters. The minimum absolute atomic E-state index is 0.0892. The van der Waals surface area contributed by atoms with Gasteiger partial charge in [-0.25, -0.2) is 8.42 Å². The molecule has 0 aliphatic heterocycles. The number of amides is 2. The third-order valence-corrected chi connectivity index (χ3v) is 9.10. The van der Waals surface area contributed by atoms with E-state index in [1.54, 1.807) is 43.3 Å². The number of nitrogens with zero attached hydrogens (tertiary/aromatic N) is 2. The molecule has 0 saturated carbocycles. The first-order chi connectivity index (χ1) is 18.8. The largest absolute Gasteiger partial charge is 0.354 e. The maximum absolute atomic E-state index is 14.0. The molecule has 0 saturated heterocycles. The van der Waals surface area contributed by atoms with E-state index in [0.717, 1.165) is 31.0 Å². The molecular weight excluding hydrogens is 590 g/mol. The molecule has 9 heteroatoms. The van der Waals surface area contributed by atoms with Gasteiger partial charge in [0.25, 0.3) is 10.0 Å². The highest BCUT2D eigenvalue weighted by molar-refractivity contribution is 9.10. The van der Waals surface area contributed by atoms with Crippen LogP contribution in [0.3, 0.4) is 0 Å². The third-order valence-electron chi connectivity index (χ3n) is 6.78. The van der Waals surface area contributed by atoms with Crippen LogP contribution in [0, 0.1) is 26.7 Å². The number of nitrogens with one attached hydrogen (secondary N) is 1. The average Bonchev–Trinajstić information content (AvgIpc) is 2.91. The van der Waals surface area contributed by atoms with Crippen molar-refractivity contribution < 1.29 is 18.0 Å². The van der Waals surface area contributed by atoms with E-state index in [-0.39, 0.29) is 23.3 Å². The molecule has 0 fully saturated rings. The van der Waals surface area contributed by atoms with Crippen molar-refractivity contribution in [3.8, 4) is 0 Å². The first-order valence-electron chi connectivity index (χ1n) is 13.3. The Bertz CT molecular complexity index is 1440. The topological polar surface area (TPSA) is 86.8 Å². The van der Waals surface area contributed by atoms with Crippen molar-refractivity contribution in [2.75, 3.05) is 17.4 Å². The lowest BCUT2D eigenvalue weighted by atomic mass is 10.1. The molecule has 0 aliphatic rings. The molecule has 1 N–H and O–H groups in total. The fourth-order valence-electron chi connectivity index (χ4n) is 4.07. The molecule has 0 heterocycles. The summed E-state index contributed by atoms with van der Waals surface area (Å²) in [5.74, 6) is -0.533. The van der Waals surface area contributed by atoms with Crippen LogP contribution in [-0.2, 0) is 26.2 Å². The van der Waals surface area contributed by atoms with Crippen LogP contribution in [0.25, 0.3) is 0 Å². The normalized spacial score (nSPS) is 12.2. The van der Waals surface area contributed by atoms with E-state index in [4.69, 9.17) is 0 Å². The lowest BCUT2D eigenvalue weighted by Crippen LogP contribution is -2.51. The van der Waals surface area contributed by atoms with Gasteiger partial charge in [0.1, 0.15) is 12.6 Å². The number of hydrogen-bond acceptors (Lipinski definition) is 4. The predicted molar refractivity (Wildman–Crippen MR) is 164 cm³/mol. The number of hydrogen-bond donors (Lipinski definition) is 1. The molecule has 3 aromatic rings. The molecule has 1 atom stereocenters. The number of benzene rings is 3.